The molecule has 0 saturated carbocycles. The van der Waals surface area contributed by atoms with E-state index in [4.69, 9.17) is 9.84 Å². The Morgan fingerprint density at radius 1 is 1.78 bits per heavy atom. The van der Waals surface area contributed by atoms with Crippen LogP contribution in [0.15, 0.2) is 0 Å². The molecule has 0 aromatic carbocycles. The highest BCUT2D eigenvalue weighted by atomic mass is 16.5. The van der Waals surface area contributed by atoms with Crippen molar-refractivity contribution in [2.45, 2.75) is 38.4 Å². The van der Waals surface area contributed by atoms with Crippen LogP contribution in [-0.4, -0.2) is 23.4 Å². The van der Waals surface area contributed by atoms with Gasteiger partial charge >= 0.3 is 0 Å². The Kier molecular flexibility index (Phi) is 1.78. The van der Waals surface area contributed by atoms with Gasteiger partial charge in [-0.3, -0.25) is 0 Å². The van der Waals surface area contributed by atoms with Crippen molar-refractivity contribution in [2.75, 3.05) is 6.61 Å². The number of aliphatic hydroxyl groups is 1. The highest BCUT2D eigenvalue weighted by Crippen LogP contribution is 2.27. The van der Waals surface area contributed by atoms with Gasteiger partial charge in [0.25, 0.3) is 0 Å². The fourth-order valence-corrected chi connectivity index (χ4v) is 1.16. The first-order valence-electron chi connectivity index (χ1n) is 3.48. The van der Waals surface area contributed by atoms with Crippen LogP contribution in [0.1, 0.15) is 26.7 Å². The van der Waals surface area contributed by atoms with Crippen LogP contribution in [0, 0.1) is 0 Å². The average Bonchev–Trinajstić information content (AvgIpc) is 2.13. The zero-order valence-electron chi connectivity index (χ0n) is 6.05. The summed E-state index contributed by atoms with van der Waals surface area (Å²) in [5, 5.41) is 9.07. The number of aliphatic hydroxyl groups excluding tert-OH is 1. The summed E-state index contributed by atoms with van der Waals surface area (Å²) < 4.78 is 5.35. The molecule has 0 spiro atoms. The summed E-state index contributed by atoms with van der Waals surface area (Å²) in [7, 11) is 0. The number of hydrogen-bond donors (Lipinski definition) is 1. The molecule has 1 N–H and O–H groups in total. The fraction of sp³-hybridized carbons (Fsp3) is 1.00. The molecule has 2 heteroatoms. The summed E-state index contributed by atoms with van der Waals surface area (Å²) in [5.41, 5.74) is -0.0422. The van der Waals surface area contributed by atoms with Crippen molar-refractivity contribution >= 4 is 0 Å². The van der Waals surface area contributed by atoms with Gasteiger partial charge in [0.05, 0.1) is 18.3 Å². The predicted octanol–water partition coefficient (Wildman–Crippen LogP) is 0.936. The van der Waals surface area contributed by atoms with E-state index in [0.717, 1.165) is 12.8 Å². The van der Waals surface area contributed by atoms with Crippen LogP contribution in [0.25, 0.3) is 0 Å². The van der Waals surface area contributed by atoms with Crippen molar-refractivity contribution < 1.29 is 9.84 Å². The Balaban J connectivity index is 2.45. The Morgan fingerprint density at radius 2 is 2.44 bits per heavy atom. The van der Waals surface area contributed by atoms with Gasteiger partial charge in [-0.05, 0) is 13.3 Å². The first kappa shape index (κ1) is 7.03. The molecule has 1 fully saturated rings. The van der Waals surface area contributed by atoms with Crippen molar-refractivity contribution in [3.63, 3.8) is 0 Å². The number of hydrogen-bond acceptors (Lipinski definition) is 2. The summed E-state index contributed by atoms with van der Waals surface area (Å²) in [6.07, 6.45) is 1.56. The van der Waals surface area contributed by atoms with Gasteiger partial charge in [0.2, 0.25) is 0 Å². The molecule has 0 aliphatic carbocycles. The third-order valence-corrected chi connectivity index (χ3v) is 2.04. The smallest absolute Gasteiger partial charge is 0.0801 e. The third kappa shape index (κ3) is 1.43. The molecular weight excluding hydrogens is 116 g/mol. The summed E-state index contributed by atoms with van der Waals surface area (Å²) >= 11 is 0. The van der Waals surface area contributed by atoms with Crippen molar-refractivity contribution in [3.8, 4) is 0 Å². The molecule has 1 saturated heterocycles. The molecular formula is C7H14O2. The second-order valence-corrected chi connectivity index (χ2v) is 2.97. The topological polar surface area (TPSA) is 29.5 Å². The first-order valence-corrected chi connectivity index (χ1v) is 3.48. The minimum absolute atomic E-state index is 0.0422. The third-order valence-electron chi connectivity index (χ3n) is 2.04. The Bertz CT molecular complexity index is 103. The quantitative estimate of drug-likeness (QED) is 0.572. The number of ether oxygens (including phenoxy) is 1. The van der Waals surface area contributed by atoms with Crippen LogP contribution in [0.2, 0.25) is 0 Å². The van der Waals surface area contributed by atoms with Gasteiger partial charge in [-0.2, -0.15) is 0 Å². The molecule has 0 aromatic heterocycles. The summed E-state index contributed by atoms with van der Waals surface area (Å²) in [6, 6.07) is 0. The van der Waals surface area contributed by atoms with Gasteiger partial charge in [0.15, 0.2) is 0 Å². The molecule has 54 valence electrons. The molecule has 2 nitrogen and oxygen atoms in total. The van der Waals surface area contributed by atoms with E-state index in [2.05, 4.69) is 6.92 Å². The maximum atomic E-state index is 9.07. The van der Waals surface area contributed by atoms with Crippen molar-refractivity contribution in [1.82, 2.24) is 0 Å². The lowest BCUT2D eigenvalue weighted by molar-refractivity contribution is 0.0132. The molecule has 1 aliphatic heterocycles. The molecule has 2 atom stereocenters. The molecule has 1 rings (SSSR count). The first-order chi connectivity index (χ1) is 4.16. The van der Waals surface area contributed by atoms with Gasteiger partial charge < -0.3 is 9.84 Å². The molecule has 2 unspecified atom stereocenters. The summed E-state index contributed by atoms with van der Waals surface area (Å²) in [6.45, 7) is 4.64. The van der Waals surface area contributed by atoms with Crippen molar-refractivity contribution in [1.29, 1.82) is 0 Å². The van der Waals surface area contributed by atoms with E-state index in [1.165, 1.54) is 0 Å². The maximum Gasteiger partial charge on any atom is 0.0801 e. The lowest BCUT2D eigenvalue weighted by Gasteiger charge is -2.19. The fourth-order valence-electron chi connectivity index (χ4n) is 1.16. The van der Waals surface area contributed by atoms with Crippen molar-refractivity contribution in [2.24, 2.45) is 0 Å². The van der Waals surface area contributed by atoms with E-state index in [-0.39, 0.29) is 11.7 Å². The highest BCUT2D eigenvalue weighted by Gasteiger charge is 2.33. The Morgan fingerprint density at radius 3 is 2.67 bits per heavy atom. The van der Waals surface area contributed by atoms with Gasteiger partial charge in [0.1, 0.15) is 0 Å². The molecule has 0 amide bonds. The van der Waals surface area contributed by atoms with E-state index >= 15 is 0 Å². The Hall–Kier alpha value is -0.0800. The molecule has 1 aliphatic rings. The average molecular weight is 130 g/mol. The second kappa shape index (κ2) is 2.27. The predicted molar refractivity (Wildman–Crippen MR) is 35.3 cm³/mol. The van der Waals surface area contributed by atoms with Gasteiger partial charge in [-0.25, -0.2) is 0 Å². The zero-order chi connectivity index (χ0) is 6.91. The van der Waals surface area contributed by atoms with Gasteiger partial charge in [-0.1, -0.05) is 6.92 Å². The highest BCUT2D eigenvalue weighted by molar-refractivity contribution is 4.83. The summed E-state index contributed by atoms with van der Waals surface area (Å²) in [5.74, 6) is 0. The van der Waals surface area contributed by atoms with Crippen LogP contribution in [0.5, 0.6) is 0 Å². The van der Waals surface area contributed by atoms with E-state index in [1.807, 2.05) is 6.92 Å². The van der Waals surface area contributed by atoms with E-state index in [9.17, 15) is 0 Å². The van der Waals surface area contributed by atoms with Crippen LogP contribution < -0.4 is 0 Å². The van der Waals surface area contributed by atoms with Crippen molar-refractivity contribution in [3.05, 3.63) is 0 Å². The van der Waals surface area contributed by atoms with E-state index in [1.54, 1.807) is 0 Å². The molecule has 0 bridgehead atoms. The monoisotopic (exact) mass is 130 g/mol. The Labute approximate surface area is 55.8 Å². The molecule has 9 heavy (non-hydrogen) atoms. The molecule has 1 heterocycles. The number of rotatable bonds is 1. The van der Waals surface area contributed by atoms with E-state index < -0.39 is 0 Å². The molecule has 0 aromatic rings. The summed E-state index contributed by atoms with van der Waals surface area (Å²) in [4.78, 5) is 0. The van der Waals surface area contributed by atoms with Crippen LogP contribution in [0.4, 0.5) is 0 Å². The van der Waals surface area contributed by atoms with Crippen LogP contribution in [-0.2, 0) is 4.74 Å². The standard InChI is InChI=1S/C7H14O2/c1-3-7(2)4-6(8)5-9-7/h6,8H,3-5H2,1-2H3. The minimum Gasteiger partial charge on any atom is -0.391 e. The van der Waals surface area contributed by atoms with Crippen LogP contribution in [0.3, 0.4) is 0 Å². The normalized spacial score (nSPS) is 43.7. The van der Waals surface area contributed by atoms with Gasteiger partial charge in [0, 0.05) is 6.42 Å². The van der Waals surface area contributed by atoms with E-state index in [0.29, 0.717) is 6.61 Å². The maximum absolute atomic E-state index is 9.07. The lowest BCUT2D eigenvalue weighted by atomic mass is 9.99. The largest absolute Gasteiger partial charge is 0.391 e. The minimum atomic E-state index is -0.227. The second-order valence-electron chi connectivity index (χ2n) is 2.97. The SMILES string of the molecule is CCC1(C)CC(O)CO1. The molecule has 0 radical (unpaired) electrons. The van der Waals surface area contributed by atoms with Gasteiger partial charge in [-0.15, -0.1) is 0 Å². The van der Waals surface area contributed by atoms with Crippen LogP contribution >= 0.6 is 0 Å². The zero-order valence-corrected chi connectivity index (χ0v) is 6.05. The lowest BCUT2D eigenvalue weighted by Crippen LogP contribution is -2.21.